The van der Waals surface area contributed by atoms with E-state index in [0.29, 0.717) is 0 Å². The van der Waals surface area contributed by atoms with Crippen LogP contribution in [0.4, 0.5) is 0 Å². The molecule has 2 unspecified atom stereocenters. The van der Waals surface area contributed by atoms with Gasteiger partial charge in [0.25, 0.3) is 0 Å². The molecule has 0 nitrogen and oxygen atoms in total. The van der Waals surface area contributed by atoms with Gasteiger partial charge in [-0.2, -0.15) is 0 Å². The number of unbranched alkanes of at least 4 members (excludes halogenated alkanes) is 3. The van der Waals surface area contributed by atoms with Gasteiger partial charge in [0.2, 0.25) is 0 Å². The predicted molar refractivity (Wildman–Crippen MR) is 136 cm³/mol. The summed E-state index contributed by atoms with van der Waals surface area (Å²) in [4.78, 5) is 0. The Kier molecular flexibility index (Phi) is 20.4. The van der Waals surface area contributed by atoms with Crippen molar-refractivity contribution in [3.63, 3.8) is 0 Å². The first-order valence-corrected chi connectivity index (χ1v) is 13.3. The van der Waals surface area contributed by atoms with E-state index in [0.717, 1.165) is 17.8 Å². The van der Waals surface area contributed by atoms with Crippen molar-refractivity contribution < 1.29 is 0 Å². The zero-order valence-corrected chi connectivity index (χ0v) is 21.0. The second-order valence-corrected chi connectivity index (χ2v) is 9.86. The SMILES string of the molecule is C=C(CCCCC)CC1CCCCC1CCCC.C=CC.CC1CCCCCC1. The number of hydrogen-bond acceptors (Lipinski definition) is 0. The van der Waals surface area contributed by atoms with Gasteiger partial charge in [-0.05, 0) is 50.4 Å². The van der Waals surface area contributed by atoms with E-state index in [-0.39, 0.29) is 0 Å². The molecule has 0 spiro atoms. The molecule has 0 aliphatic heterocycles. The maximum absolute atomic E-state index is 4.34. The normalized spacial score (nSPS) is 22.3. The van der Waals surface area contributed by atoms with Gasteiger partial charge in [-0.3, -0.25) is 0 Å². The summed E-state index contributed by atoms with van der Waals surface area (Å²) in [7, 11) is 0. The van der Waals surface area contributed by atoms with Crippen LogP contribution < -0.4 is 0 Å². The van der Waals surface area contributed by atoms with Gasteiger partial charge in [0.05, 0.1) is 0 Å². The number of rotatable bonds is 9. The lowest BCUT2D eigenvalue weighted by Gasteiger charge is -2.32. The number of hydrogen-bond donors (Lipinski definition) is 0. The Labute approximate surface area is 186 Å². The second kappa shape index (κ2) is 20.7. The monoisotopic (exact) mass is 404 g/mol. The van der Waals surface area contributed by atoms with Crippen LogP contribution in [0.15, 0.2) is 24.8 Å². The fourth-order valence-electron chi connectivity index (χ4n) is 4.98. The minimum Gasteiger partial charge on any atom is -0.103 e. The molecule has 0 amide bonds. The average Bonchev–Trinajstić information content (AvgIpc) is 2.96. The topological polar surface area (TPSA) is 0 Å². The van der Waals surface area contributed by atoms with Crippen LogP contribution in [0.5, 0.6) is 0 Å². The van der Waals surface area contributed by atoms with E-state index in [9.17, 15) is 0 Å². The molecule has 0 aromatic rings. The van der Waals surface area contributed by atoms with Crippen molar-refractivity contribution >= 4 is 0 Å². The van der Waals surface area contributed by atoms with E-state index in [2.05, 4.69) is 33.9 Å². The van der Waals surface area contributed by atoms with Gasteiger partial charge in [-0.1, -0.05) is 129 Å². The summed E-state index contributed by atoms with van der Waals surface area (Å²) in [6.07, 6.45) is 27.5. The van der Waals surface area contributed by atoms with Crippen LogP contribution in [0.1, 0.15) is 143 Å². The third kappa shape index (κ3) is 16.9. The third-order valence-electron chi connectivity index (χ3n) is 6.82. The van der Waals surface area contributed by atoms with Crippen LogP contribution >= 0.6 is 0 Å². The van der Waals surface area contributed by atoms with Crippen LogP contribution in [0, 0.1) is 17.8 Å². The van der Waals surface area contributed by atoms with Crippen LogP contribution in [-0.4, -0.2) is 0 Å². The zero-order valence-electron chi connectivity index (χ0n) is 21.0. The fraction of sp³-hybridized carbons (Fsp3) is 0.862. The summed E-state index contributed by atoms with van der Waals surface area (Å²) in [6.45, 7) is 16.6. The third-order valence-corrected chi connectivity index (χ3v) is 6.82. The molecule has 0 bridgehead atoms. The standard InChI is InChI=1S/C18H34.C8H16.C3H6/c1-4-6-8-11-16(3)15-18-14-10-9-13-17(18)12-7-5-2;1-8-6-4-2-3-5-7-8;1-3-2/h17-18H,3-15H2,1-2H3;8H,2-7H2,1H3;3H,1H2,2H3. The van der Waals surface area contributed by atoms with Gasteiger partial charge < -0.3 is 0 Å². The van der Waals surface area contributed by atoms with E-state index in [1.54, 1.807) is 6.08 Å². The Hall–Kier alpha value is -0.520. The molecule has 0 heteroatoms. The van der Waals surface area contributed by atoms with Crippen LogP contribution in [0.25, 0.3) is 0 Å². The molecule has 172 valence electrons. The van der Waals surface area contributed by atoms with Crippen molar-refractivity contribution in [2.45, 2.75) is 143 Å². The predicted octanol–water partition coefficient (Wildman–Crippen LogP) is 10.7. The molecule has 0 heterocycles. The minimum atomic E-state index is 0.972. The van der Waals surface area contributed by atoms with Crippen molar-refractivity contribution in [1.82, 2.24) is 0 Å². The van der Waals surface area contributed by atoms with Gasteiger partial charge >= 0.3 is 0 Å². The molecule has 2 atom stereocenters. The summed E-state index contributed by atoms with van der Waals surface area (Å²) in [5.41, 5.74) is 1.54. The highest BCUT2D eigenvalue weighted by Crippen LogP contribution is 2.37. The summed E-state index contributed by atoms with van der Waals surface area (Å²) < 4.78 is 0. The Morgan fingerprint density at radius 3 is 1.86 bits per heavy atom. The Bertz CT molecular complexity index is 358. The number of allylic oxidation sites excluding steroid dienone is 2. The van der Waals surface area contributed by atoms with Gasteiger partial charge in [0, 0.05) is 0 Å². The maximum Gasteiger partial charge on any atom is -0.0292 e. The van der Waals surface area contributed by atoms with Gasteiger partial charge in [-0.15, -0.1) is 6.58 Å². The van der Waals surface area contributed by atoms with E-state index in [4.69, 9.17) is 0 Å². The van der Waals surface area contributed by atoms with Crippen molar-refractivity contribution in [3.8, 4) is 0 Å². The van der Waals surface area contributed by atoms with Crippen molar-refractivity contribution in [1.29, 1.82) is 0 Å². The van der Waals surface area contributed by atoms with E-state index < -0.39 is 0 Å². The first-order valence-electron chi connectivity index (χ1n) is 13.3. The summed E-state index contributed by atoms with van der Waals surface area (Å²) in [5, 5.41) is 0. The molecule has 0 aromatic carbocycles. The highest BCUT2D eigenvalue weighted by molar-refractivity contribution is 4.97. The molecular formula is C29H56. The molecular weight excluding hydrogens is 348 g/mol. The second-order valence-electron chi connectivity index (χ2n) is 9.86. The van der Waals surface area contributed by atoms with Gasteiger partial charge in [-0.25, -0.2) is 0 Å². The quantitative estimate of drug-likeness (QED) is 0.203. The lowest BCUT2D eigenvalue weighted by molar-refractivity contribution is 0.217. The molecule has 2 saturated carbocycles. The Balaban J connectivity index is 0.000000586. The lowest BCUT2D eigenvalue weighted by atomic mass is 9.74. The molecule has 29 heavy (non-hydrogen) atoms. The van der Waals surface area contributed by atoms with E-state index >= 15 is 0 Å². The van der Waals surface area contributed by atoms with Crippen molar-refractivity contribution in [2.75, 3.05) is 0 Å². The Morgan fingerprint density at radius 1 is 0.793 bits per heavy atom. The van der Waals surface area contributed by atoms with Crippen LogP contribution in [0.2, 0.25) is 0 Å². The first kappa shape index (κ1) is 28.5. The minimum absolute atomic E-state index is 0.972. The highest BCUT2D eigenvalue weighted by Gasteiger charge is 2.24. The highest BCUT2D eigenvalue weighted by atomic mass is 14.3. The molecule has 0 radical (unpaired) electrons. The largest absolute Gasteiger partial charge is 0.103 e. The lowest BCUT2D eigenvalue weighted by Crippen LogP contribution is -2.20. The smallest absolute Gasteiger partial charge is 0.0292 e. The first-order chi connectivity index (χ1) is 14.1. The molecule has 2 rings (SSSR count). The molecule has 2 fully saturated rings. The molecule has 2 aliphatic carbocycles. The van der Waals surface area contributed by atoms with Crippen LogP contribution in [-0.2, 0) is 0 Å². The van der Waals surface area contributed by atoms with Crippen molar-refractivity contribution in [3.05, 3.63) is 24.8 Å². The van der Waals surface area contributed by atoms with Gasteiger partial charge in [0.1, 0.15) is 0 Å². The van der Waals surface area contributed by atoms with Crippen LogP contribution in [0.3, 0.4) is 0 Å². The zero-order chi connectivity index (χ0) is 21.7. The molecule has 0 aromatic heterocycles. The molecule has 0 saturated heterocycles. The molecule has 2 aliphatic rings. The fourth-order valence-corrected chi connectivity index (χ4v) is 4.98. The van der Waals surface area contributed by atoms with E-state index in [1.807, 2.05) is 6.92 Å². The summed E-state index contributed by atoms with van der Waals surface area (Å²) in [5.74, 6) is 3.01. The summed E-state index contributed by atoms with van der Waals surface area (Å²) >= 11 is 0. The Morgan fingerprint density at radius 2 is 1.31 bits per heavy atom. The molecule has 0 N–H and O–H groups in total. The van der Waals surface area contributed by atoms with Gasteiger partial charge in [0.15, 0.2) is 0 Å². The summed E-state index contributed by atoms with van der Waals surface area (Å²) in [6, 6.07) is 0. The van der Waals surface area contributed by atoms with E-state index in [1.165, 1.54) is 121 Å². The maximum atomic E-state index is 4.34. The van der Waals surface area contributed by atoms with Crippen molar-refractivity contribution in [2.24, 2.45) is 17.8 Å². The average molecular weight is 405 g/mol.